The summed E-state index contributed by atoms with van der Waals surface area (Å²) in [5.41, 5.74) is 17.6. The van der Waals surface area contributed by atoms with Gasteiger partial charge in [-0.1, -0.05) is 152 Å². The van der Waals surface area contributed by atoms with E-state index in [1.54, 1.807) is 0 Å². The molecular formula is C74H44N8O. The lowest BCUT2D eigenvalue weighted by molar-refractivity contribution is 0.669. The summed E-state index contributed by atoms with van der Waals surface area (Å²) in [5.74, 6) is 1.42. The fraction of sp³-hybridized carbons (Fsp3) is 0. The topological polar surface area (TPSA) is 84.4 Å². The van der Waals surface area contributed by atoms with Crippen LogP contribution in [0.1, 0.15) is 0 Å². The third-order valence-electron chi connectivity index (χ3n) is 17.1. The minimum Gasteiger partial charge on any atom is -0.456 e. The zero-order chi connectivity index (χ0) is 54.3. The van der Waals surface area contributed by atoms with Crippen molar-refractivity contribution < 1.29 is 4.42 Å². The van der Waals surface area contributed by atoms with Gasteiger partial charge in [0, 0.05) is 78.0 Å². The van der Waals surface area contributed by atoms with E-state index in [9.17, 15) is 0 Å². The molecule has 0 N–H and O–H groups in total. The lowest BCUT2D eigenvalue weighted by Gasteiger charge is -2.26. The molecule has 0 radical (unpaired) electrons. The van der Waals surface area contributed by atoms with E-state index in [2.05, 4.69) is 243 Å². The maximum absolute atomic E-state index is 6.67. The fourth-order valence-electron chi connectivity index (χ4n) is 13.5. The first-order chi connectivity index (χ1) is 41.2. The molecule has 9 nitrogen and oxygen atoms in total. The molecule has 0 unspecified atom stereocenters. The zero-order valence-electron chi connectivity index (χ0n) is 44.4. The third kappa shape index (κ3) is 6.58. The van der Waals surface area contributed by atoms with Gasteiger partial charge in [-0.25, -0.2) is 4.98 Å². The summed E-state index contributed by atoms with van der Waals surface area (Å²) in [6.07, 6.45) is 11.7. The second kappa shape index (κ2) is 17.5. The number of aromatic nitrogens is 8. The molecule has 18 rings (SSSR count). The molecule has 18 aromatic rings. The minimum absolute atomic E-state index is 0.706. The smallest absolute Gasteiger partial charge is 0.165 e. The lowest BCUT2D eigenvalue weighted by Crippen LogP contribution is -2.16. The predicted molar refractivity (Wildman–Crippen MR) is 339 cm³/mol. The van der Waals surface area contributed by atoms with Gasteiger partial charge < -0.3 is 13.6 Å². The van der Waals surface area contributed by atoms with Crippen molar-refractivity contribution in [1.29, 1.82) is 0 Å². The van der Waals surface area contributed by atoms with Crippen LogP contribution >= 0.6 is 0 Å². The summed E-state index contributed by atoms with van der Waals surface area (Å²) in [7, 11) is 0. The minimum atomic E-state index is 0.706. The number of hydrogen-bond acceptors (Lipinski definition) is 5. The summed E-state index contributed by atoms with van der Waals surface area (Å²) in [6, 6.07) is 82.7. The van der Waals surface area contributed by atoms with Gasteiger partial charge in [-0.15, -0.1) is 0 Å². The van der Waals surface area contributed by atoms with Crippen molar-refractivity contribution in [2.24, 2.45) is 0 Å². The average molecular weight is 1060 g/mol. The van der Waals surface area contributed by atoms with E-state index in [1.165, 1.54) is 0 Å². The summed E-state index contributed by atoms with van der Waals surface area (Å²) >= 11 is 0. The Morgan fingerprint density at radius 3 is 1.14 bits per heavy atom. The second-order valence-electron chi connectivity index (χ2n) is 21.4. The number of fused-ring (bicyclic) bond motifs is 15. The first-order valence-corrected chi connectivity index (χ1v) is 27.9. The molecule has 0 aliphatic carbocycles. The molecule has 0 aliphatic heterocycles. The van der Waals surface area contributed by atoms with E-state index >= 15 is 0 Å². The molecule has 83 heavy (non-hydrogen) atoms. The van der Waals surface area contributed by atoms with E-state index in [4.69, 9.17) is 24.4 Å². The quantitative estimate of drug-likeness (QED) is 0.159. The molecule has 0 bridgehead atoms. The second-order valence-corrected chi connectivity index (χ2v) is 21.4. The molecule has 0 saturated heterocycles. The Morgan fingerprint density at radius 2 is 0.627 bits per heavy atom. The summed E-state index contributed by atoms with van der Waals surface area (Å²) < 4.78 is 16.3. The highest BCUT2D eigenvalue weighted by Crippen LogP contribution is 2.50. The van der Waals surface area contributed by atoms with Crippen molar-refractivity contribution in [2.45, 2.75) is 0 Å². The van der Waals surface area contributed by atoms with Gasteiger partial charge in [-0.05, 0) is 107 Å². The number of pyridine rings is 4. The fourth-order valence-corrected chi connectivity index (χ4v) is 13.5. The Bertz CT molecular complexity index is 5450. The van der Waals surface area contributed by atoms with Gasteiger partial charge in [-0.2, -0.15) is 0 Å². The third-order valence-corrected chi connectivity index (χ3v) is 17.1. The molecule has 386 valence electrons. The van der Waals surface area contributed by atoms with Gasteiger partial charge in [0.2, 0.25) is 0 Å². The Kier molecular flexibility index (Phi) is 9.60. The van der Waals surface area contributed by atoms with Crippen LogP contribution in [-0.4, -0.2) is 38.2 Å². The number of benzene rings is 9. The van der Waals surface area contributed by atoms with E-state index in [0.29, 0.717) is 5.82 Å². The Hall–Kier alpha value is -11.4. The summed E-state index contributed by atoms with van der Waals surface area (Å²) in [5, 5.41) is 10.7. The number of rotatable bonds is 7. The van der Waals surface area contributed by atoms with Crippen LogP contribution in [0.3, 0.4) is 0 Å². The number of nitrogens with zero attached hydrogens (tertiary/aromatic N) is 8. The molecular weight excluding hydrogens is 1020 g/mol. The number of furan rings is 1. The van der Waals surface area contributed by atoms with Crippen molar-refractivity contribution >= 4 is 109 Å². The normalized spacial score (nSPS) is 12.1. The van der Waals surface area contributed by atoms with Crippen molar-refractivity contribution in [2.75, 3.05) is 0 Å². The largest absolute Gasteiger partial charge is 0.456 e. The SMILES string of the molecule is c1ccc(-c2ccc3c(c2)c2cc(-c4ccccc4)ccc2n3-c2nc(-n3c4ccccc4c4ccncc43)c(-n3c4ccccc4c4ccncc43)c(-c3ccc4oc5ccccc5c4c3)c2-n2c3ccccc3c3ccncc32)cc1. The highest BCUT2D eigenvalue weighted by molar-refractivity contribution is 6.17. The van der Waals surface area contributed by atoms with Crippen molar-refractivity contribution in [3.63, 3.8) is 0 Å². The molecule has 9 aromatic heterocycles. The summed E-state index contributed by atoms with van der Waals surface area (Å²) in [4.78, 5) is 21.2. The van der Waals surface area contributed by atoms with Crippen LogP contribution in [0.2, 0.25) is 0 Å². The summed E-state index contributed by atoms with van der Waals surface area (Å²) in [6.45, 7) is 0. The Balaban J connectivity index is 1.13. The molecule has 9 aromatic carbocycles. The van der Waals surface area contributed by atoms with Crippen molar-refractivity contribution in [1.82, 2.24) is 38.2 Å². The molecule has 0 saturated carbocycles. The molecule has 0 fully saturated rings. The monoisotopic (exact) mass is 1060 g/mol. The standard InChI is InChI=1S/C74H44N8O/c1-3-15-45(16-4-1)47-27-30-63-57(39-47)58-40-48(46-17-5-2-6-18-46)28-31-64(58)81(63)73-71(79-60-23-11-7-19-50(60)53-33-36-75-42-65(53)79)70(49-29-32-69-59(41-49)56-22-10-14-26-68(56)83-69)72(80-61-24-12-8-20-51(61)54-34-37-76-43-66(54)80)74(78-73)82-62-25-13-9-21-52(62)55-35-38-77-44-67(55)82/h1-44H. The van der Waals surface area contributed by atoms with Crippen molar-refractivity contribution in [3.8, 4) is 56.4 Å². The molecule has 0 amide bonds. The van der Waals surface area contributed by atoms with Crippen LogP contribution < -0.4 is 0 Å². The van der Waals surface area contributed by atoms with Crippen molar-refractivity contribution in [3.05, 3.63) is 268 Å². The van der Waals surface area contributed by atoms with Gasteiger partial charge in [0.25, 0.3) is 0 Å². The van der Waals surface area contributed by atoms with Gasteiger partial charge in [0.15, 0.2) is 11.6 Å². The first-order valence-electron chi connectivity index (χ1n) is 27.9. The molecule has 0 aliphatic rings. The van der Waals surface area contributed by atoms with Gasteiger partial charge >= 0.3 is 0 Å². The molecule has 9 heterocycles. The van der Waals surface area contributed by atoms with Crippen LogP contribution in [0.4, 0.5) is 0 Å². The van der Waals surface area contributed by atoms with E-state index < -0.39 is 0 Å². The first kappa shape index (κ1) is 45.4. The van der Waals surface area contributed by atoms with E-state index in [0.717, 1.165) is 160 Å². The molecule has 0 spiro atoms. The molecule has 9 heteroatoms. The lowest BCUT2D eigenvalue weighted by atomic mass is 9.98. The Labute approximate surface area is 473 Å². The van der Waals surface area contributed by atoms with E-state index in [-0.39, 0.29) is 0 Å². The van der Waals surface area contributed by atoms with Crippen LogP contribution in [0.25, 0.3) is 166 Å². The highest BCUT2D eigenvalue weighted by Gasteiger charge is 2.33. The zero-order valence-corrected chi connectivity index (χ0v) is 44.4. The number of para-hydroxylation sites is 4. The van der Waals surface area contributed by atoms with Gasteiger partial charge in [0.05, 0.1) is 62.7 Å². The average Bonchev–Trinajstić information content (AvgIpc) is 2.54. The maximum Gasteiger partial charge on any atom is 0.165 e. The van der Waals surface area contributed by atoms with Crippen LogP contribution in [-0.2, 0) is 0 Å². The number of hydrogen-bond donors (Lipinski definition) is 0. The van der Waals surface area contributed by atoms with Gasteiger partial charge in [-0.3, -0.25) is 24.1 Å². The molecule has 0 atom stereocenters. The predicted octanol–water partition coefficient (Wildman–Crippen LogP) is 18.6. The van der Waals surface area contributed by atoms with Crippen LogP contribution in [0.15, 0.2) is 272 Å². The van der Waals surface area contributed by atoms with Crippen LogP contribution in [0, 0.1) is 0 Å². The Morgan fingerprint density at radius 1 is 0.253 bits per heavy atom. The van der Waals surface area contributed by atoms with Crippen LogP contribution in [0.5, 0.6) is 0 Å². The van der Waals surface area contributed by atoms with E-state index in [1.807, 2.05) is 43.2 Å². The highest BCUT2D eigenvalue weighted by atomic mass is 16.3. The van der Waals surface area contributed by atoms with Gasteiger partial charge in [0.1, 0.15) is 22.5 Å². The maximum atomic E-state index is 6.67.